The van der Waals surface area contributed by atoms with Crippen LogP contribution in [0, 0.1) is 5.82 Å². The summed E-state index contributed by atoms with van der Waals surface area (Å²) in [6, 6.07) is 6.48. The minimum Gasteiger partial charge on any atom is -0.248 e. The third-order valence-corrected chi connectivity index (χ3v) is 4.56. The Morgan fingerprint density at radius 1 is 1.31 bits per heavy atom. The summed E-state index contributed by atoms with van der Waals surface area (Å²) in [4.78, 5) is 6.38. The van der Waals surface area contributed by atoms with Gasteiger partial charge in [-0.1, -0.05) is 0 Å². The minimum atomic E-state index is -0.206. The summed E-state index contributed by atoms with van der Waals surface area (Å²) in [6.45, 7) is 0. The lowest BCUT2D eigenvalue weighted by Gasteiger charge is -1.98. The summed E-state index contributed by atoms with van der Waals surface area (Å²) in [7, 11) is 0. The largest absolute Gasteiger partial charge is 0.248 e. The van der Waals surface area contributed by atoms with E-state index in [1.54, 1.807) is 41.4 Å². The van der Waals surface area contributed by atoms with Gasteiger partial charge >= 0.3 is 0 Å². The molecule has 5 heteroatoms. The molecule has 0 atom stereocenters. The van der Waals surface area contributed by atoms with E-state index in [1.165, 1.54) is 12.1 Å². The Hall–Kier alpha value is -0.580. The van der Waals surface area contributed by atoms with Crippen molar-refractivity contribution in [2.45, 2.75) is 16.5 Å². The van der Waals surface area contributed by atoms with Gasteiger partial charge in [0.15, 0.2) is 0 Å². The number of alkyl halides is 1. The molecule has 2 aromatic rings. The van der Waals surface area contributed by atoms with Crippen molar-refractivity contribution in [3.63, 3.8) is 0 Å². The maximum atomic E-state index is 12.7. The van der Waals surface area contributed by atoms with Crippen LogP contribution in [0.3, 0.4) is 0 Å². The predicted molar refractivity (Wildman–Crippen MR) is 67.6 cm³/mol. The summed E-state index contributed by atoms with van der Waals surface area (Å²) in [5, 5.41) is 1.05. The Balaban J connectivity index is 1.94. The molecule has 0 bridgehead atoms. The summed E-state index contributed by atoms with van der Waals surface area (Å²) >= 11 is 8.96. The van der Waals surface area contributed by atoms with Gasteiger partial charge in [0.2, 0.25) is 0 Å². The van der Waals surface area contributed by atoms with Crippen LogP contribution < -0.4 is 0 Å². The molecule has 0 fully saturated rings. The molecule has 1 aromatic heterocycles. The molecule has 0 N–H and O–H groups in total. The van der Waals surface area contributed by atoms with Crippen LogP contribution in [0.4, 0.5) is 4.39 Å². The fourth-order valence-corrected chi connectivity index (χ4v) is 3.06. The number of nitrogens with zero attached hydrogens (tertiary/aromatic N) is 1. The zero-order valence-corrected chi connectivity index (χ0v) is 10.7. The highest BCUT2D eigenvalue weighted by molar-refractivity contribution is 7.98. The molecular weight excluding hydrogens is 265 g/mol. The highest BCUT2D eigenvalue weighted by Gasteiger charge is 2.02. The molecule has 16 heavy (non-hydrogen) atoms. The average Bonchev–Trinajstić information content (AvgIpc) is 2.76. The molecular formula is C11H9ClFNS2. The molecule has 0 saturated heterocycles. The van der Waals surface area contributed by atoms with Crippen molar-refractivity contribution in [1.29, 1.82) is 0 Å². The van der Waals surface area contributed by atoms with Crippen molar-refractivity contribution in [2.75, 3.05) is 0 Å². The van der Waals surface area contributed by atoms with Gasteiger partial charge in [-0.15, -0.1) is 34.7 Å². The number of hydrogen-bond acceptors (Lipinski definition) is 3. The number of rotatable bonds is 4. The van der Waals surface area contributed by atoms with Gasteiger partial charge in [0.25, 0.3) is 0 Å². The number of halogens is 2. The van der Waals surface area contributed by atoms with Gasteiger partial charge in [-0.25, -0.2) is 9.37 Å². The van der Waals surface area contributed by atoms with Crippen molar-refractivity contribution in [3.05, 3.63) is 46.2 Å². The highest BCUT2D eigenvalue weighted by atomic mass is 35.5. The van der Waals surface area contributed by atoms with Gasteiger partial charge in [0, 0.05) is 16.0 Å². The lowest BCUT2D eigenvalue weighted by molar-refractivity contribution is 0.626. The zero-order valence-electron chi connectivity index (χ0n) is 8.32. The molecule has 2 rings (SSSR count). The van der Waals surface area contributed by atoms with Gasteiger partial charge in [0.1, 0.15) is 10.8 Å². The highest BCUT2D eigenvalue weighted by Crippen LogP contribution is 2.25. The van der Waals surface area contributed by atoms with Gasteiger partial charge in [-0.2, -0.15) is 0 Å². The smallest absolute Gasteiger partial charge is 0.123 e. The van der Waals surface area contributed by atoms with E-state index in [4.69, 9.17) is 11.6 Å². The normalized spacial score (nSPS) is 10.6. The van der Waals surface area contributed by atoms with Crippen molar-refractivity contribution in [3.8, 4) is 0 Å². The Kier molecular flexibility index (Phi) is 4.21. The maximum absolute atomic E-state index is 12.7. The van der Waals surface area contributed by atoms with Crippen LogP contribution in [0.5, 0.6) is 0 Å². The van der Waals surface area contributed by atoms with Gasteiger partial charge in [0.05, 0.1) is 11.6 Å². The molecule has 1 nitrogen and oxygen atoms in total. The molecule has 0 spiro atoms. The summed E-state index contributed by atoms with van der Waals surface area (Å²) in [5.41, 5.74) is 0. The van der Waals surface area contributed by atoms with E-state index in [2.05, 4.69) is 4.98 Å². The number of hydrogen-bond donors (Lipinski definition) is 0. The number of thiazole rings is 1. The van der Waals surface area contributed by atoms with Crippen LogP contribution in [0.15, 0.2) is 35.4 Å². The van der Waals surface area contributed by atoms with E-state index in [0.29, 0.717) is 5.88 Å². The minimum absolute atomic E-state index is 0.206. The summed E-state index contributed by atoms with van der Waals surface area (Å²) < 4.78 is 12.7. The predicted octanol–water partition coefficient (Wildman–Crippen LogP) is 4.31. The molecule has 0 aliphatic heterocycles. The van der Waals surface area contributed by atoms with E-state index in [1.807, 2.05) is 0 Å². The molecule has 84 valence electrons. The van der Waals surface area contributed by atoms with Gasteiger partial charge < -0.3 is 0 Å². The molecule has 0 aliphatic rings. The van der Waals surface area contributed by atoms with Crippen molar-refractivity contribution in [2.24, 2.45) is 0 Å². The first-order chi connectivity index (χ1) is 7.78. The lowest BCUT2D eigenvalue weighted by Crippen LogP contribution is -1.78. The summed E-state index contributed by atoms with van der Waals surface area (Å²) in [5.74, 6) is 1.11. The van der Waals surface area contributed by atoms with E-state index in [-0.39, 0.29) is 5.82 Å². The van der Waals surface area contributed by atoms with E-state index in [9.17, 15) is 4.39 Å². The lowest BCUT2D eigenvalue weighted by atomic mass is 10.4. The van der Waals surface area contributed by atoms with Crippen molar-refractivity contribution < 1.29 is 4.39 Å². The van der Waals surface area contributed by atoms with Crippen LogP contribution >= 0.6 is 34.7 Å². The summed E-state index contributed by atoms with van der Waals surface area (Å²) in [6.07, 6.45) is 1.80. The average molecular weight is 274 g/mol. The van der Waals surface area contributed by atoms with E-state index in [0.717, 1.165) is 20.5 Å². The Morgan fingerprint density at radius 2 is 2.06 bits per heavy atom. The van der Waals surface area contributed by atoms with Crippen LogP contribution in [0.1, 0.15) is 9.88 Å². The first-order valence-corrected chi connectivity index (χ1v) is 6.99. The fraction of sp³-hybridized carbons (Fsp3) is 0.182. The van der Waals surface area contributed by atoms with Crippen LogP contribution in [0.2, 0.25) is 0 Å². The SMILES string of the molecule is Fc1ccc(SCc2ncc(CCl)s2)cc1. The van der Waals surface area contributed by atoms with Gasteiger partial charge in [-0.05, 0) is 24.3 Å². The Morgan fingerprint density at radius 3 is 2.69 bits per heavy atom. The standard InChI is InChI=1S/C11H9ClFNS2/c12-5-10-6-14-11(16-10)7-15-9-3-1-8(13)2-4-9/h1-4,6H,5,7H2. The first-order valence-electron chi connectivity index (χ1n) is 4.66. The van der Waals surface area contributed by atoms with Crippen molar-refractivity contribution in [1.82, 2.24) is 4.98 Å². The molecule has 0 radical (unpaired) electrons. The molecule has 0 unspecified atom stereocenters. The Bertz CT molecular complexity index is 455. The molecule has 0 amide bonds. The first kappa shape index (κ1) is 11.9. The molecule has 1 heterocycles. The monoisotopic (exact) mass is 273 g/mol. The second-order valence-electron chi connectivity index (χ2n) is 3.10. The zero-order chi connectivity index (χ0) is 11.4. The third-order valence-electron chi connectivity index (χ3n) is 1.91. The maximum Gasteiger partial charge on any atom is 0.123 e. The van der Waals surface area contributed by atoms with Crippen molar-refractivity contribution >= 4 is 34.7 Å². The third kappa shape index (κ3) is 3.20. The quantitative estimate of drug-likeness (QED) is 0.608. The van der Waals surface area contributed by atoms with Crippen LogP contribution in [-0.2, 0) is 11.6 Å². The van der Waals surface area contributed by atoms with Crippen LogP contribution in [-0.4, -0.2) is 4.98 Å². The molecule has 0 saturated carbocycles. The second kappa shape index (κ2) is 5.66. The number of benzene rings is 1. The van der Waals surface area contributed by atoms with E-state index >= 15 is 0 Å². The molecule has 0 aliphatic carbocycles. The number of thioether (sulfide) groups is 1. The van der Waals surface area contributed by atoms with E-state index < -0.39 is 0 Å². The second-order valence-corrected chi connectivity index (χ2v) is 5.61. The number of aromatic nitrogens is 1. The topological polar surface area (TPSA) is 12.9 Å². The van der Waals surface area contributed by atoms with Gasteiger partial charge in [-0.3, -0.25) is 0 Å². The Labute approximate surface area is 107 Å². The van der Waals surface area contributed by atoms with Crippen LogP contribution in [0.25, 0.3) is 0 Å². The fourth-order valence-electron chi connectivity index (χ4n) is 1.15. The molecule has 1 aromatic carbocycles.